The lowest BCUT2D eigenvalue weighted by molar-refractivity contribution is -0.148. The Morgan fingerprint density at radius 3 is 2.76 bits per heavy atom. The molecule has 1 aromatic rings. The van der Waals surface area contributed by atoms with Gasteiger partial charge in [-0.3, -0.25) is 4.90 Å². The topological polar surface area (TPSA) is 73.7 Å². The van der Waals surface area contributed by atoms with Crippen molar-refractivity contribution in [3.8, 4) is 0 Å². The van der Waals surface area contributed by atoms with Crippen LogP contribution in [0, 0.1) is 0 Å². The Morgan fingerprint density at radius 2 is 2.14 bits per heavy atom. The van der Waals surface area contributed by atoms with Gasteiger partial charge in [0.25, 0.3) is 0 Å². The number of imidazole rings is 1. The molecular formula is C14H21N3O4. The van der Waals surface area contributed by atoms with Gasteiger partial charge in [-0.1, -0.05) is 0 Å². The molecule has 0 aliphatic carbocycles. The fourth-order valence-corrected chi connectivity index (χ4v) is 2.18. The first-order valence-corrected chi connectivity index (χ1v) is 6.97. The van der Waals surface area contributed by atoms with E-state index in [0.29, 0.717) is 13.2 Å². The minimum atomic E-state index is -0.580. The monoisotopic (exact) mass is 295 g/mol. The van der Waals surface area contributed by atoms with E-state index < -0.39 is 17.7 Å². The maximum atomic E-state index is 12.2. The van der Waals surface area contributed by atoms with E-state index in [1.54, 1.807) is 24.0 Å². The number of fused-ring (bicyclic) bond motifs is 1. The molecule has 0 fully saturated rings. The summed E-state index contributed by atoms with van der Waals surface area (Å²) in [5, 5.41) is 0. The summed E-state index contributed by atoms with van der Waals surface area (Å²) in [7, 11) is 0. The molecule has 1 aliphatic rings. The minimum Gasteiger partial charge on any atom is -0.464 e. The van der Waals surface area contributed by atoms with E-state index in [2.05, 4.69) is 4.98 Å². The van der Waals surface area contributed by atoms with Crippen molar-refractivity contribution in [3.63, 3.8) is 0 Å². The number of ether oxygens (including phenoxy) is 2. The van der Waals surface area contributed by atoms with Gasteiger partial charge < -0.3 is 14.0 Å². The summed E-state index contributed by atoms with van der Waals surface area (Å²) < 4.78 is 12.2. The molecule has 7 heteroatoms. The molecular weight excluding hydrogens is 274 g/mol. The Balaban J connectivity index is 2.18. The Hall–Kier alpha value is -2.05. The molecule has 0 radical (unpaired) electrons. The minimum absolute atomic E-state index is 0.219. The van der Waals surface area contributed by atoms with Crippen LogP contribution in [0.4, 0.5) is 4.79 Å². The molecule has 1 atom stereocenters. The van der Waals surface area contributed by atoms with Crippen LogP contribution in [0.3, 0.4) is 0 Å². The number of aromatic nitrogens is 2. The van der Waals surface area contributed by atoms with Gasteiger partial charge >= 0.3 is 12.1 Å². The number of esters is 1. The zero-order valence-electron chi connectivity index (χ0n) is 12.8. The van der Waals surface area contributed by atoms with Crippen molar-refractivity contribution in [1.82, 2.24) is 14.5 Å². The van der Waals surface area contributed by atoms with Crippen LogP contribution in [0.1, 0.15) is 39.4 Å². The number of nitrogens with zero attached hydrogens (tertiary/aromatic N) is 3. The lowest BCUT2D eigenvalue weighted by Gasteiger charge is -2.34. The second-order valence-corrected chi connectivity index (χ2v) is 5.92. The number of rotatable bonds is 2. The highest BCUT2D eigenvalue weighted by atomic mass is 16.6. The molecule has 0 saturated carbocycles. The van der Waals surface area contributed by atoms with Crippen LogP contribution in [-0.2, 0) is 20.8 Å². The molecule has 1 aromatic heterocycles. The fourth-order valence-electron chi connectivity index (χ4n) is 2.18. The molecule has 0 saturated heterocycles. The first kappa shape index (κ1) is 15.3. The van der Waals surface area contributed by atoms with E-state index >= 15 is 0 Å². The highest BCUT2D eigenvalue weighted by Crippen LogP contribution is 2.23. The van der Waals surface area contributed by atoms with Gasteiger partial charge in [0.1, 0.15) is 11.6 Å². The van der Waals surface area contributed by atoms with Gasteiger partial charge in [0.2, 0.25) is 0 Å². The van der Waals surface area contributed by atoms with Crippen LogP contribution in [0.25, 0.3) is 0 Å². The zero-order valence-corrected chi connectivity index (χ0v) is 12.8. The molecule has 2 rings (SSSR count). The van der Waals surface area contributed by atoms with Gasteiger partial charge in [-0.15, -0.1) is 0 Å². The molecule has 2 heterocycles. The van der Waals surface area contributed by atoms with E-state index in [0.717, 1.165) is 5.69 Å². The van der Waals surface area contributed by atoms with Crippen molar-refractivity contribution in [2.24, 2.45) is 0 Å². The predicted octanol–water partition coefficient (Wildman–Crippen LogP) is 1.74. The summed E-state index contributed by atoms with van der Waals surface area (Å²) in [6.07, 6.45) is 2.79. The van der Waals surface area contributed by atoms with E-state index in [9.17, 15) is 9.59 Å². The lowest BCUT2D eigenvalue weighted by Crippen LogP contribution is -2.45. The largest absolute Gasteiger partial charge is 0.464 e. The maximum absolute atomic E-state index is 12.2. The third-order valence-electron chi connectivity index (χ3n) is 3.04. The number of hydrogen-bond acceptors (Lipinski definition) is 5. The summed E-state index contributed by atoms with van der Waals surface area (Å²) in [6.45, 7) is 8.06. The van der Waals surface area contributed by atoms with Crippen LogP contribution < -0.4 is 0 Å². The van der Waals surface area contributed by atoms with Crippen molar-refractivity contribution >= 4 is 12.1 Å². The van der Waals surface area contributed by atoms with Crippen molar-refractivity contribution < 1.29 is 19.1 Å². The summed E-state index contributed by atoms with van der Waals surface area (Å²) in [6, 6.07) is -0.580. The number of hydrogen-bond donors (Lipinski definition) is 0. The summed E-state index contributed by atoms with van der Waals surface area (Å²) >= 11 is 0. The standard InChI is InChI=1S/C14H21N3O4/c1-5-20-12(18)11-8-16(13(19)21-14(2,3)4)7-10-6-15-9-17(10)11/h6,9,11H,5,7-8H2,1-4H3/t11-/m1/s1. The number of carbonyl (C=O) groups excluding carboxylic acids is 2. The van der Waals surface area contributed by atoms with Crippen LogP contribution in [0.15, 0.2) is 12.5 Å². The van der Waals surface area contributed by atoms with Crippen LogP contribution in [0.5, 0.6) is 0 Å². The van der Waals surface area contributed by atoms with Gasteiger partial charge in [-0.25, -0.2) is 14.6 Å². The third kappa shape index (κ3) is 3.53. The number of amides is 1. The number of carbonyl (C=O) groups is 2. The predicted molar refractivity (Wildman–Crippen MR) is 74.5 cm³/mol. The lowest BCUT2D eigenvalue weighted by atomic mass is 10.2. The molecule has 0 aromatic carbocycles. The molecule has 21 heavy (non-hydrogen) atoms. The molecule has 1 aliphatic heterocycles. The molecule has 7 nitrogen and oxygen atoms in total. The zero-order chi connectivity index (χ0) is 15.6. The normalized spacial score (nSPS) is 18.1. The summed E-state index contributed by atoms with van der Waals surface area (Å²) in [4.78, 5) is 29.8. The highest BCUT2D eigenvalue weighted by molar-refractivity contribution is 5.76. The molecule has 0 bridgehead atoms. The summed E-state index contributed by atoms with van der Waals surface area (Å²) in [5.41, 5.74) is 0.207. The molecule has 0 spiro atoms. The van der Waals surface area contributed by atoms with Gasteiger partial charge in [0, 0.05) is 6.20 Å². The third-order valence-corrected chi connectivity index (χ3v) is 3.04. The van der Waals surface area contributed by atoms with E-state index in [1.165, 1.54) is 4.90 Å². The molecule has 0 N–H and O–H groups in total. The van der Waals surface area contributed by atoms with Crippen LogP contribution >= 0.6 is 0 Å². The second-order valence-electron chi connectivity index (χ2n) is 5.92. The second kappa shape index (κ2) is 5.75. The highest BCUT2D eigenvalue weighted by Gasteiger charge is 2.35. The van der Waals surface area contributed by atoms with Gasteiger partial charge in [-0.2, -0.15) is 0 Å². The Bertz CT molecular complexity index is 533. The molecule has 0 unspecified atom stereocenters. The average molecular weight is 295 g/mol. The van der Waals surface area contributed by atoms with Gasteiger partial charge in [-0.05, 0) is 27.7 Å². The van der Waals surface area contributed by atoms with E-state index in [4.69, 9.17) is 9.47 Å². The smallest absolute Gasteiger partial charge is 0.410 e. The Morgan fingerprint density at radius 1 is 1.43 bits per heavy atom. The molecule has 1 amide bonds. The van der Waals surface area contributed by atoms with Crippen molar-refractivity contribution in [2.75, 3.05) is 13.2 Å². The van der Waals surface area contributed by atoms with Crippen LogP contribution in [-0.4, -0.2) is 45.3 Å². The molecule has 116 valence electrons. The maximum Gasteiger partial charge on any atom is 0.410 e. The van der Waals surface area contributed by atoms with E-state index in [1.807, 2.05) is 20.8 Å². The Kier molecular flexibility index (Phi) is 4.20. The van der Waals surface area contributed by atoms with Gasteiger partial charge in [0.05, 0.1) is 31.7 Å². The quantitative estimate of drug-likeness (QED) is 0.777. The Labute approximate surface area is 123 Å². The van der Waals surface area contributed by atoms with Crippen molar-refractivity contribution in [2.45, 2.75) is 45.9 Å². The first-order chi connectivity index (χ1) is 9.81. The first-order valence-electron chi connectivity index (χ1n) is 6.97. The van der Waals surface area contributed by atoms with Crippen molar-refractivity contribution in [3.05, 3.63) is 18.2 Å². The SMILES string of the molecule is CCOC(=O)[C@H]1CN(C(=O)OC(C)(C)C)Cc2cncn21. The van der Waals surface area contributed by atoms with Gasteiger partial charge in [0.15, 0.2) is 0 Å². The van der Waals surface area contributed by atoms with Crippen molar-refractivity contribution in [1.29, 1.82) is 0 Å². The van der Waals surface area contributed by atoms with Crippen LogP contribution in [0.2, 0.25) is 0 Å². The average Bonchev–Trinajstić information content (AvgIpc) is 2.83. The van der Waals surface area contributed by atoms with E-state index in [-0.39, 0.29) is 12.5 Å². The fraction of sp³-hybridized carbons (Fsp3) is 0.643. The summed E-state index contributed by atoms with van der Waals surface area (Å²) in [5.74, 6) is -0.370.